The van der Waals surface area contributed by atoms with Gasteiger partial charge in [0.1, 0.15) is 11.4 Å². The highest BCUT2D eigenvalue weighted by molar-refractivity contribution is 5.98. The van der Waals surface area contributed by atoms with Gasteiger partial charge in [-0.15, -0.1) is 5.10 Å². The number of halogens is 3. The van der Waals surface area contributed by atoms with Crippen molar-refractivity contribution in [3.05, 3.63) is 23.4 Å². The van der Waals surface area contributed by atoms with Gasteiger partial charge in [0.25, 0.3) is 5.91 Å². The predicted octanol–water partition coefficient (Wildman–Crippen LogP) is 0.379. The fraction of sp³-hybridized carbons (Fsp3) is 0.125. The van der Waals surface area contributed by atoms with Crippen LogP contribution in [0.1, 0.15) is 16.1 Å². The molecule has 0 aromatic carbocycles. The number of alkyl halides is 3. The summed E-state index contributed by atoms with van der Waals surface area (Å²) in [5.74, 6) is -1.10. The number of hydrogen-bond acceptors (Lipinski definition) is 5. The van der Waals surface area contributed by atoms with Gasteiger partial charge in [0, 0.05) is 0 Å². The number of hydrogen-bond donors (Lipinski definition) is 2. The van der Waals surface area contributed by atoms with Gasteiger partial charge in [-0.3, -0.25) is 4.79 Å². The number of H-pyrrole nitrogens is 1. The third kappa shape index (κ3) is 2.12. The van der Waals surface area contributed by atoms with Gasteiger partial charge in [-0.1, -0.05) is 0 Å². The summed E-state index contributed by atoms with van der Waals surface area (Å²) in [5.41, 5.74) is 3.32. The molecule has 2 rings (SSSR count). The Hall–Kier alpha value is -2.52. The molecule has 94 valence electrons. The van der Waals surface area contributed by atoms with E-state index >= 15 is 0 Å². The molecule has 0 saturated carbocycles. The van der Waals surface area contributed by atoms with Crippen LogP contribution in [-0.2, 0) is 6.18 Å². The van der Waals surface area contributed by atoms with Crippen molar-refractivity contribution in [2.24, 2.45) is 5.73 Å². The molecule has 0 spiro atoms. The molecular formula is C8H5F3N6O. The lowest BCUT2D eigenvalue weighted by atomic mass is 10.1. The van der Waals surface area contributed by atoms with E-state index in [0.717, 1.165) is 6.07 Å². The van der Waals surface area contributed by atoms with E-state index < -0.39 is 17.8 Å². The summed E-state index contributed by atoms with van der Waals surface area (Å²) < 4.78 is 37.5. The Balaban J connectivity index is 2.63. The summed E-state index contributed by atoms with van der Waals surface area (Å²) in [4.78, 5) is 14.4. The number of primary amides is 1. The first-order valence-corrected chi connectivity index (χ1v) is 4.51. The Labute approximate surface area is 97.2 Å². The SMILES string of the molecule is NC(=O)c1ccc(C(F)(F)F)nc1-c1nnn[nH]1. The van der Waals surface area contributed by atoms with Crippen LogP contribution in [0.2, 0.25) is 0 Å². The molecule has 0 aliphatic carbocycles. The highest BCUT2D eigenvalue weighted by Crippen LogP contribution is 2.29. The number of nitrogens with zero attached hydrogens (tertiary/aromatic N) is 4. The lowest BCUT2D eigenvalue weighted by Crippen LogP contribution is -2.16. The Morgan fingerprint density at radius 2 is 2.06 bits per heavy atom. The Morgan fingerprint density at radius 3 is 2.56 bits per heavy atom. The molecule has 0 bridgehead atoms. The van der Waals surface area contributed by atoms with E-state index in [0.29, 0.717) is 6.07 Å². The van der Waals surface area contributed by atoms with E-state index in [9.17, 15) is 18.0 Å². The number of pyridine rings is 1. The monoisotopic (exact) mass is 258 g/mol. The number of carbonyl (C=O) groups is 1. The maximum atomic E-state index is 12.5. The van der Waals surface area contributed by atoms with E-state index in [4.69, 9.17) is 5.73 Å². The smallest absolute Gasteiger partial charge is 0.366 e. The maximum absolute atomic E-state index is 12.5. The number of nitrogens with two attached hydrogens (primary N) is 1. The van der Waals surface area contributed by atoms with E-state index in [1.54, 1.807) is 0 Å². The van der Waals surface area contributed by atoms with E-state index in [2.05, 4.69) is 25.6 Å². The lowest BCUT2D eigenvalue weighted by molar-refractivity contribution is -0.141. The number of aromatic amines is 1. The normalized spacial score (nSPS) is 11.5. The van der Waals surface area contributed by atoms with Gasteiger partial charge < -0.3 is 5.73 Å². The van der Waals surface area contributed by atoms with E-state index in [-0.39, 0.29) is 17.1 Å². The number of amides is 1. The van der Waals surface area contributed by atoms with Crippen molar-refractivity contribution in [3.8, 4) is 11.5 Å². The second-order valence-electron chi connectivity index (χ2n) is 3.20. The number of tetrazole rings is 1. The first kappa shape index (κ1) is 12.0. The summed E-state index contributed by atoms with van der Waals surface area (Å²) in [5, 5.41) is 12.0. The Kier molecular flexibility index (Phi) is 2.69. The van der Waals surface area contributed by atoms with Gasteiger partial charge in [-0.2, -0.15) is 13.2 Å². The van der Waals surface area contributed by atoms with Gasteiger partial charge in [0.2, 0.25) is 0 Å². The molecule has 10 heteroatoms. The summed E-state index contributed by atoms with van der Waals surface area (Å²) in [6, 6.07) is 1.59. The molecule has 2 aromatic rings. The van der Waals surface area contributed by atoms with Crippen LogP contribution in [0, 0.1) is 0 Å². The van der Waals surface area contributed by atoms with Gasteiger partial charge in [-0.25, -0.2) is 10.1 Å². The van der Waals surface area contributed by atoms with E-state index in [1.807, 2.05) is 0 Å². The molecule has 7 nitrogen and oxygen atoms in total. The Bertz CT molecular complexity index is 579. The number of aromatic nitrogens is 5. The zero-order chi connectivity index (χ0) is 13.3. The first-order chi connectivity index (χ1) is 8.39. The van der Waals surface area contributed by atoms with Crippen LogP contribution in [0.15, 0.2) is 12.1 Å². The standard InChI is InChI=1S/C8H5F3N6O/c9-8(10,11)4-2-1-3(6(12)18)5(13-4)7-14-16-17-15-7/h1-2H,(H2,12,18)(H,14,15,16,17). The molecule has 2 aromatic heterocycles. The van der Waals surface area contributed by atoms with Gasteiger partial charge in [0.05, 0.1) is 5.56 Å². The molecule has 3 N–H and O–H groups in total. The summed E-state index contributed by atoms with van der Waals surface area (Å²) in [6.07, 6.45) is -4.64. The van der Waals surface area contributed by atoms with Crippen molar-refractivity contribution < 1.29 is 18.0 Å². The van der Waals surface area contributed by atoms with Crippen LogP contribution in [-0.4, -0.2) is 31.5 Å². The summed E-state index contributed by atoms with van der Waals surface area (Å²) >= 11 is 0. The third-order valence-corrected chi connectivity index (χ3v) is 2.02. The van der Waals surface area contributed by atoms with E-state index in [1.165, 1.54) is 0 Å². The van der Waals surface area contributed by atoms with Crippen LogP contribution < -0.4 is 5.73 Å². The Morgan fingerprint density at radius 1 is 1.33 bits per heavy atom. The van der Waals surface area contributed by atoms with Crippen molar-refractivity contribution in [2.75, 3.05) is 0 Å². The summed E-state index contributed by atoms with van der Waals surface area (Å²) in [6.45, 7) is 0. The molecule has 0 fully saturated rings. The summed E-state index contributed by atoms with van der Waals surface area (Å²) in [7, 11) is 0. The molecule has 0 saturated heterocycles. The fourth-order valence-electron chi connectivity index (χ4n) is 1.26. The van der Waals surface area contributed by atoms with Crippen LogP contribution >= 0.6 is 0 Å². The second-order valence-corrected chi connectivity index (χ2v) is 3.20. The molecule has 0 unspecified atom stereocenters. The van der Waals surface area contributed by atoms with Crippen molar-refractivity contribution >= 4 is 5.91 Å². The molecule has 18 heavy (non-hydrogen) atoms. The van der Waals surface area contributed by atoms with Crippen molar-refractivity contribution in [3.63, 3.8) is 0 Å². The zero-order valence-electron chi connectivity index (χ0n) is 8.56. The van der Waals surface area contributed by atoms with Crippen LogP contribution in [0.5, 0.6) is 0 Å². The molecule has 0 aliphatic heterocycles. The molecule has 2 heterocycles. The minimum absolute atomic E-state index is 0.171. The topological polar surface area (TPSA) is 110 Å². The van der Waals surface area contributed by atoms with Crippen molar-refractivity contribution in [1.29, 1.82) is 0 Å². The number of nitrogens with one attached hydrogen (secondary N) is 1. The zero-order valence-corrected chi connectivity index (χ0v) is 8.56. The maximum Gasteiger partial charge on any atom is 0.433 e. The van der Waals surface area contributed by atoms with Crippen LogP contribution in [0.4, 0.5) is 13.2 Å². The molecular weight excluding hydrogens is 253 g/mol. The van der Waals surface area contributed by atoms with Gasteiger partial charge >= 0.3 is 6.18 Å². The minimum atomic E-state index is -4.64. The van der Waals surface area contributed by atoms with Crippen molar-refractivity contribution in [2.45, 2.75) is 6.18 Å². The molecule has 1 amide bonds. The lowest BCUT2D eigenvalue weighted by Gasteiger charge is -2.08. The van der Waals surface area contributed by atoms with Crippen molar-refractivity contribution in [1.82, 2.24) is 25.6 Å². The highest BCUT2D eigenvalue weighted by Gasteiger charge is 2.33. The quantitative estimate of drug-likeness (QED) is 0.808. The predicted molar refractivity (Wildman–Crippen MR) is 50.9 cm³/mol. The van der Waals surface area contributed by atoms with Crippen LogP contribution in [0.3, 0.4) is 0 Å². The molecule has 0 atom stereocenters. The molecule has 0 radical (unpaired) electrons. The van der Waals surface area contributed by atoms with Crippen LogP contribution in [0.25, 0.3) is 11.5 Å². The third-order valence-electron chi connectivity index (χ3n) is 2.02. The first-order valence-electron chi connectivity index (χ1n) is 4.51. The number of carbonyl (C=O) groups excluding carboxylic acids is 1. The molecule has 0 aliphatic rings. The fourth-order valence-corrected chi connectivity index (χ4v) is 1.26. The highest BCUT2D eigenvalue weighted by atomic mass is 19.4. The average molecular weight is 258 g/mol. The average Bonchev–Trinajstić information content (AvgIpc) is 2.80. The minimum Gasteiger partial charge on any atom is -0.366 e. The van der Waals surface area contributed by atoms with Gasteiger partial charge in [0.15, 0.2) is 5.82 Å². The largest absolute Gasteiger partial charge is 0.433 e. The van der Waals surface area contributed by atoms with Gasteiger partial charge in [-0.05, 0) is 22.6 Å². The number of rotatable bonds is 2. The second kappa shape index (κ2) is 4.05.